The maximum absolute atomic E-state index is 12.3. The van der Waals surface area contributed by atoms with Gasteiger partial charge in [0.05, 0.1) is 29.9 Å². The molecule has 1 aliphatic rings. The number of hydrogen-bond acceptors (Lipinski definition) is 11. The standard InChI is InChI=1S/C32H46N8O6/c1-32(2,3)46-31(44)39(5)13-7-11-33-28-27-24(30(43)37-29(27)36-21-35-28)19-34-23-9-10-25(40-14-16-45-17-15-40)22(18-23)20-38(4)12-6-8-26(41)42/h9-10,18-19,21,43H,6-8,11-17,20H2,1-5H3,(H,41,42)(H2,33,35,36,37). The Morgan fingerprint density at radius 3 is 2.65 bits per heavy atom. The van der Waals surface area contributed by atoms with E-state index in [9.17, 15) is 14.7 Å². The van der Waals surface area contributed by atoms with Gasteiger partial charge in [0.2, 0.25) is 0 Å². The molecule has 1 amide bonds. The molecule has 4 N–H and O–H groups in total. The summed E-state index contributed by atoms with van der Waals surface area (Å²) in [7, 11) is 3.68. The lowest BCUT2D eigenvalue weighted by Gasteiger charge is -2.31. The minimum Gasteiger partial charge on any atom is -0.494 e. The highest BCUT2D eigenvalue weighted by molar-refractivity contribution is 6.06. The summed E-state index contributed by atoms with van der Waals surface area (Å²) in [6.07, 6.45) is 3.97. The van der Waals surface area contributed by atoms with Crippen LogP contribution in [0.1, 0.15) is 51.2 Å². The van der Waals surface area contributed by atoms with Gasteiger partial charge in [-0.3, -0.25) is 9.79 Å². The first-order chi connectivity index (χ1) is 21.9. The van der Waals surface area contributed by atoms with E-state index in [0.717, 1.165) is 24.3 Å². The summed E-state index contributed by atoms with van der Waals surface area (Å²) in [5.74, 6) is -0.335. The zero-order chi connectivity index (χ0) is 33.3. The molecule has 1 saturated heterocycles. The Morgan fingerprint density at radius 2 is 1.93 bits per heavy atom. The minimum atomic E-state index is -0.797. The smallest absolute Gasteiger partial charge is 0.410 e. The number of aromatic amines is 1. The molecule has 1 aromatic carbocycles. The maximum Gasteiger partial charge on any atom is 0.410 e. The number of nitrogens with one attached hydrogen (secondary N) is 2. The van der Waals surface area contributed by atoms with Crippen molar-refractivity contribution in [3.8, 4) is 5.88 Å². The average molecular weight is 639 g/mol. The summed E-state index contributed by atoms with van der Waals surface area (Å²) in [6, 6.07) is 6.02. The van der Waals surface area contributed by atoms with Gasteiger partial charge in [0.1, 0.15) is 23.4 Å². The summed E-state index contributed by atoms with van der Waals surface area (Å²) >= 11 is 0. The lowest BCUT2D eigenvalue weighted by atomic mass is 10.1. The molecule has 0 aliphatic carbocycles. The van der Waals surface area contributed by atoms with Gasteiger partial charge < -0.3 is 44.7 Å². The third-order valence-corrected chi connectivity index (χ3v) is 7.40. The second kappa shape index (κ2) is 15.7. The predicted molar refractivity (Wildman–Crippen MR) is 177 cm³/mol. The summed E-state index contributed by atoms with van der Waals surface area (Å²) in [5.41, 5.74) is 3.23. The van der Waals surface area contributed by atoms with Crippen molar-refractivity contribution < 1.29 is 29.3 Å². The number of aliphatic carboxylic acids is 1. The number of carboxylic acid groups (broad SMARTS) is 1. The van der Waals surface area contributed by atoms with Crippen LogP contribution in [-0.4, -0.2) is 119 Å². The van der Waals surface area contributed by atoms with E-state index in [0.29, 0.717) is 80.3 Å². The number of hydrogen-bond donors (Lipinski definition) is 4. The molecule has 1 fully saturated rings. The number of fused-ring (bicyclic) bond motifs is 1. The number of ether oxygens (including phenoxy) is 2. The first-order valence-corrected chi connectivity index (χ1v) is 15.5. The Hall–Kier alpha value is -4.43. The van der Waals surface area contributed by atoms with E-state index in [1.807, 2.05) is 40.0 Å². The Morgan fingerprint density at radius 1 is 1.17 bits per heavy atom. The van der Waals surface area contributed by atoms with Crippen LogP contribution in [0.5, 0.6) is 5.88 Å². The fraction of sp³-hybridized carbons (Fsp3) is 0.531. The fourth-order valence-corrected chi connectivity index (χ4v) is 5.15. The number of aromatic nitrogens is 3. The van der Waals surface area contributed by atoms with E-state index in [1.165, 1.54) is 11.2 Å². The van der Waals surface area contributed by atoms with Crippen LogP contribution in [0.2, 0.25) is 0 Å². The van der Waals surface area contributed by atoms with Gasteiger partial charge >= 0.3 is 12.1 Å². The molecule has 14 heteroatoms. The molecular formula is C32H46N8O6. The minimum absolute atomic E-state index is 0.0738. The predicted octanol–water partition coefficient (Wildman–Crippen LogP) is 4.22. The number of morpholine rings is 1. The lowest BCUT2D eigenvalue weighted by Crippen LogP contribution is -2.37. The Labute approximate surface area is 269 Å². The number of carbonyl (C=O) groups is 2. The Balaban J connectivity index is 1.50. The van der Waals surface area contributed by atoms with E-state index < -0.39 is 11.6 Å². The van der Waals surface area contributed by atoms with Crippen LogP contribution in [0.4, 0.5) is 22.0 Å². The first-order valence-electron chi connectivity index (χ1n) is 15.5. The molecule has 2 aromatic heterocycles. The molecule has 250 valence electrons. The van der Waals surface area contributed by atoms with Crippen LogP contribution in [-0.2, 0) is 20.8 Å². The summed E-state index contributed by atoms with van der Waals surface area (Å²) in [6.45, 7) is 10.7. The number of amides is 1. The van der Waals surface area contributed by atoms with Crippen molar-refractivity contribution in [3.05, 3.63) is 35.7 Å². The van der Waals surface area contributed by atoms with Crippen molar-refractivity contribution in [2.75, 3.05) is 70.2 Å². The first kappa shape index (κ1) is 34.4. The van der Waals surface area contributed by atoms with Gasteiger partial charge in [-0.2, -0.15) is 0 Å². The molecule has 0 spiro atoms. The summed E-state index contributed by atoms with van der Waals surface area (Å²) < 4.78 is 11.0. The molecule has 14 nitrogen and oxygen atoms in total. The van der Waals surface area contributed by atoms with Crippen molar-refractivity contribution >= 4 is 46.5 Å². The van der Waals surface area contributed by atoms with Gasteiger partial charge in [-0.25, -0.2) is 14.8 Å². The number of H-pyrrole nitrogens is 1. The number of carbonyl (C=O) groups excluding carboxylic acids is 1. The molecule has 46 heavy (non-hydrogen) atoms. The van der Waals surface area contributed by atoms with Crippen LogP contribution in [0.15, 0.2) is 29.5 Å². The fourth-order valence-electron chi connectivity index (χ4n) is 5.15. The van der Waals surface area contributed by atoms with Crippen LogP contribution < -0.4 is 10.2 Å². The third-order valence-electron chi connectivity index (χ3n) is 7.40. The monoisotopic (exact) mass is 638 g/mol. The van der Waals surface area contributed by atoms with Crippen molar-refractivity contribution in [1.29, 1.82) is 0 Å². The molecule has 1 aliphatic heterocycles. The molecule has 0 unspecified atom stereocenters. The van der Waals surface area contributed by atoms with Crippen LogP contribution >= 0.6 is 0 Å². The lowest BCUT2D eigenvalue weighted by molar-refractivity contribution is -0.137. The molecule has 0 bridgehead atoms. The van der Waals surface area contributed by atoms with E-state index in [1.54, 1.807) is 13.3 Å². The molecule has 4 rings (SSSR count). The van der Waals surface area contributed by atoms with Gasteiger partial charge in [0.25, 0.3) is 0 Å². The molecular weight excluding hydrogens is 592 g/mol. The van der Waals surface area contributed by atoms with Crippen molar-refractivity contribution in [3.63, 3.8) is 0 Å². The number of aliphatic imine (C=N–C) groups is 1. The maximum atomic E-state index is 12.3. The van der Waals surface area contributed by atoms with Gasteiger partial charge in [0.15, 0.2) is 5.88 Å². The highest BCUT2D eigenvalue weighted by Gasteiger charge is 2.20. The summed E-state index contributed by atoms with van der Waals surface area (Å²) in [4.78, 5) is 45.5. The zero-order valence-electron chi connectivity index (χ0n) is 27.4. The van der Waals surface area contributed by atoms with Gasteiger partial charge in [-0.1, -0.05) is 0 Å². The van der Waals surface area contributed by atoms with Crippen molar-refractivity contribution in [1.82, 2.24) is 24.8 Å². The molecule has 0 atom stereocenters. The number of carboxylic acids is 1. The summed E-state index contributed by atoms with van der Waals surface area (Å²) in [5, 5.41) is 23.7. The number of anilines is 2. The normalized spacial score (nSPS) is 13.9. The van der Waals surface area contributed by atoms with Gasteiger partial charge in [0, 0.05) is 58.1 Å². The largest absolute Gasteiger partial charge is 0.494 e. The number of aromatic hydroxyl groups is 1. The number of nitrogens with zero attached hydrogens (tertiary/aromatic N) is 6. The van der Waals surface area contributed by atoms with Crippen LogP contribution in [0.25, 0.3) is 11.0 Å². The van der Waals surface area contributed by atoms with E-state index >= 15 is 0 Å². The SMILES string of the molecule is CN(CCCC(=O)O)Cc1cc(N=Cc2c(O)[nH]c3ncnc(NCCCN(C)C(=O)OC(C)(C)C)c23)ccc1N1CCOCC1. The van der Waals surface area contributed by atoms with Crippen molar-refractivity contribution in [2.24, 2.45) is 4.99 Å². The van der Waals surface area contributed by atoms with Crippen LogP contribution in [0.3, 0.4) is 0 Å². The Kier molecular flexibility index (Phi) is 11.8. The zero-order valence-corrected chi connectivity index (χ0v) is 27.4. The molecule has 3 heterocycles. The third kappa shape index (κ3) is 9.78. The molecule has 3 aromatic rings. The quantitative estimate of drug-likeness (QED) is 0.147. The highest BCUT2D eigenvalue weighted by atomic mass is 16.6. The topological polar surface area (TPSA) is 169 Å². The Bertz CT molecular complexity index is 1510. The van der Waals surface area contributed by atoms with Crippen molar-refractivity contribution in [2.45, 2.75) is 52.2 Å². The van der Waals surface area contributed by atoms with Gasteiger partial charge in [-0.05, 0) is 71.0 Å². The second-order valence-electron chi connectivity index (χ2n) is 12.4. The van der Waals surface area contributed by atoms with Crippen LogP contribution in [0, 0.1) is 0 Å². The molecule has 0 radical (unpaired) electrons. The average Bonchev–Trinajstić information content (AvgIpc) is 3.33. The molecule has 0 saturated carbocycles. The number of benzene rings is 1. The second-order valence-corrected chi connectivity index (χ2v) is 12.4. The van der Waals surface area contributed by atoms with E-state index in [-0.39, 0.29) is 18.4 Å². The van der Waals surface area contributed by atoms with Gasteiger partial charge in [-0.15, -0.1) is 0 Å². The number of rotatable bonds is 14. The van der Waals surface area contributed by atoms with E-state index in [2.05, 4.69) is 36.1 Å². The highest BCUT2D eigenvalue weighted by Crippen LogP contribution is 2.31. The van der Waals surface area contributed by atoms with E-state index in [4.69, 9.17) is 19.6 Å².